The van der Waals surface area contributed by atoms with Gasteiger partial charge in [0.2, 0.25) is 0 Å². The van der Waals surface area contributed by atoms with E-state index in [9.17, 15) is 4.79 Å². The molecule has 4 heteroatoms. The lowest BCUT2D eigenvalue weighted by atomic mass is 10.1. The molecule has 0 heterocycles. The molecule has 0 spiro atoms. The van der Waals surface area contributed by atoms with Gasteiger partial charge < -0.3 is 10.8 Å². The van der Waals surface area contributed by atoms with E-state index < -0.39 is 23.6 Å². The van der Waals surface area contributed by atoms with E-state index >= 15 is 0 Å². The zero-order valence-electron chi connectivity index (χ0n) is 7.96. The van der Waals surface area contributed by atoms with E-state index in [4.69, 9.17) is 15.0 Å². The largest absolute Gasteiger partial charge is 0.480 e. The summed E-state index contributed by atoms with van der Waals surface area (Å²) in [6.07, 6.45) is 0. The fourth-order valence-electron chi connectivity index (χ4n) is 0.240. The molecule has 0 aliphatic carbocycles. The van der Waals surface area contributed by atoms with Crippen LogP contribution in [0.5, 0.6) is 0 Å². The second-order valence-electron chi connectivity index (χ2n) is 1.96. The highest BCUT2D eigenvalue weighted by molar-refractivity contribution is 7.81. The molecule has 3 nitrogen and oxygen atoms in total. The van der Waals surface area contributed by atoms with Gasteiger partial charge in [-0.05, 0) is 13.8 Å². The maximum absolute atomic E-state index is 10.4. The Morgan fingerprint density at radius 2 is 2.56 bits per heavy atom. The summed E-state index contributed by atoms with van der Waals surface area (Å²) < 4.78 is 19.2. The van der Waals surface area contributed by atoms with E-state index in [0.717, 1.165) is 0 Å². The molecule has 0 aliphatic heterocycles. The molecule has 0 saturated heterocycles. The van der Waals surface area contributed by atoms with Gasteiger partial charge in [0.25, 0.3) is 0 Å². The molecule has 0 aromatic heterocycles. The van der Waals surface area contributed by atoms with Crippen molar-refractivity contribution in [3.8, 4) is 0 Å². The van der Waals surface area contributed by atoms with Crippen molar-refractivity contribution in [1.82, 2.24) is 0 Å². The molecule has 0 aromatic rings. The van der Waals surface area contributed by atoms with Gasteiger partial charge in [-0.3, -0.25) is 4.79 Å². The summed E-state index contributed by atoms with van der Waals surface area (Å²) in [6, 6.07) is -1.51. The number of carbonyl (C=O) groups is 1. The third-order valence-electron chi connectivity index (χ3n) is 0.872. The Labute approximate surface area is 63.9 Å². The van der Waals surface area contributed by atoms with E-state index in [1.807, 2.05) is 0 Å². The van der Waals surface area contributed by atoms with Crippen molar-refractivity contribution in [3.63, 3.8) is 0 Å². The Morgan fingerprint density at radius 1 is 2.11 bits per heavy atom. The Hall–Kier alpha value is -0.220. The smallest absolute Gasteiger partial charge is 0.321 e. The molecule has 0 radical (unpaired) electrons. The number of nitrogens with two attached hydrogens (primary N) is 1. The van der Waals surface area contributed by atoms with Crippen LogP contribution < -0.4 is 5.73 Å². The number of hydrogen-bond donors (Lipinski definition) is 3. The number of hydrogen-bond acceptors (Lipinski definition) is 3. The fourth-order valence-corrected chi connectivity index (χ4v) is 0.351. The van der Waals surface area contributed by atoms with Crippen LogP contribution in [0.15, 0.2) is 0 Å². The van der Waals surface area contributed by atoms with Gasteiger partial charge in [-0.1, -0.05) is 0 Å². The van der Waals surface area contributed by atoms with Crippen molar-refractivity contribution in [2.45, 2.75) is 24.6 Å². The predicted octanol–water partition coefficient (Wildman–Crippen LogP) is 0.107. The standard InChI is InChI=1S/C5H11NO2S/c1-5(2,9)3(6)4(7)8/h3,9H,6H2,1-2H3,(H,7,8)/t3-/m0/s1/i1D3/t3-,5?. The number of aliphatic carboxylic acids is 1. The first-order valence-electron chi connectivity index (χ1n) is 3.81. The third-order valence-corrected chi connectivity index (χ3v) is 1.15. The first-order valence-corrected chi connectivity index (χ1v) is 2.76. The van der Waals surface area contributed by atoms with Crippen molar-refractivity contribution in [2.24, 2.45) is 5.73 Å². The molecule has 1 unspecified atom stereocenters. The van der Waals surface area contributed by atoms with Gasteiger partial charge in [-0.25, -0.2) is 0 Å². The van der Waals surface area contributed by atoms with Crippen LogP contribution in [-0.4, -0.2) is 21.9 Å². The minimum absolute atomic E-state index is 1.18. The Kier molecular flexibility index (Phi) is 1.31. The second kappa shape index (κ2) is 2.58. The van der Waals surface area contributed by atoms with Gasteiger partial charge in [0.1, 0.15) is 6.04 Å². The van der Waals surface area contributed by atoms with E-state index in [-0.39, 0.29) is 0 Å². The van der Waals surface area contributed by atoms with Crippen LogP contribution in [0.25, 0.3) is 0 Å². The normalized spacial score (nSPS) is 26.8. The molecule has 0 amide bonds. The molecule has 0 fully saturated rings. The van der Waals surface area contributed by atoms with E-state index in [1.165, 1.54) is 6.92 Å². The molecular formula is C5H11NO2S. The van der Waals surface area contributed by atoms with E-state index in [0.29, 0.717) is 0 Å². The highest BCUT2D eigenvalue weighted by atomic mass is 32.1. The molecular weight excluding hydrogens is 138 g/mol. The SMILES string of the molecule is [2H]C([2H])([2H])C(C)(S)[C@@H](N)C(=O)O. The summed E-state index contributed by atoms with van der Waals surface area (Å²) in [5.41, 5.74) is 5.14. The lowest BCUT2D eigenvalue weighted by Crippen LogP contribution is -2.45. The maximum atomic E-state index is 10.4. The zero-order chi connectivity index (χ0) is 10.2. The Morgan fingerprint density at radius 3 is 2.67 bits per heavy atom. The van der Waals surface area contributed by atoms with Crippen LogP contribution in [0.4, 0.5) is 0 Å². The zero-order valence-corrected chi connectivity index (χ0v) is 5.85. The molecule has 0 aliphatic rings. The molecule has 0 saturated carbocycles. The van der Waals surface area contributed by atoms with Gasteiger partial charge in [0.05, 0.1) is 0 Å². The van der Waals surface area contributed by atoms with Crippen LogP contribution in [0.2, 0.25) is 0 Å². The Balaban J connectivity index is 4.73. The van der Waals surface area contributed by atoms with Crippen LogP contribution in [0.3, 0.4) is 0 Å². The number of rotatable bonds is 2. The monoisotopic (exact) mass is 152 g/mol. The maximum Gasteiger partial charge on any atom is 0.321 e. The third kappa shape index (κ3) is 2.72. The highest BCUT2D eigenvalue weighted by Crippen LogP contribution is 2.15. The molecule has 9 heavy (non-hydrogen) atoms. The lowest BCUT2D eigenvalue weighted by molar-refractivity contribution is -0.139. The van der Waals surface area contributed by atoms with Crippen LogP contribution in [0.1, 0.15) is 17.9 Å². The topological polar surface area (TPSA) is 63.3 Å². The predicted molar refractivity (Wildman–Crippen MR) is 38.7 cm³/mol. The average molecular weight is 152 g/mol. The van der Waals surface area contributed by atoms with Crippen LogP contribution >= 0.6 is 12.6 Å². The minimum atomic E-state index is -2.49. The number of carboxylic acids is 1. The molecule has 0 rings (SSSR count). The molecule has 3 N–H and O–H groups in total. The van der Waals surface area contributed by atoms with Gasteiger partial charge in [-0.2, -0.15) is 12.6 Å². The quantitative estimate of drug-likeness (QED) is 0.492. The van der Waals surface area contributed by atoms with Crippen molar-refractivity contribution in [3.05, 3.63) is 0 Å². The van der Waals surface area contributed by atoms with Gasteiger partial charge in [0.15, 0.2) is 0 Å². The first kappa shape index (κ1) is 4.57. The first-order chi connectivity index (χ1) is 5.10. The van der Waals surface area contributed by atoms with Gasteiger partial charge in [0, 0.05) is 8.86 Å². The van der Waals surface area contributed by atoms with Crippen LogP contribution in [0, 0.1) is 0 Å². The molecule has 54 valence electrons. The highest BCUT2D eigenvalue weighted by Gasteiger charge is 2.27. The van der Waals surface area contributed by atoms with E-state index in [2.05, 4.69) is 12.6 Å². The van der Waals surface area contributed by atoms with Crippen molar-refractivity contribution < 1.29 is 14.0 Å². The summed E-state index contributed by atoms with van der Waals surface area (Å²) in [4.78, 5) is 10.4. The average Bonchev–Trinajstić information content (AvgIpc) is 1.83. The van der Waals surface area contributed by atoms with Crippen molar-refractivity contribution in [2.75, 3.05) is 0 Å². The number of thiol groups is 1. The summed E-state index contributed by atoms with van der Waals surface area (Å²) in [6.45, 7) is -1.31. The van der Waals surface area contributed by atoms with E-state index in [1.54, 1.807) is 0 Å². The van der Waals surface area contributed by atoms with Gasteiger partial charge >= 0.3 is 5.97 Å². The minimum Gasteiger partial charge on any atom is -0.480 e. The second-order valence-corrected chi connectivity index (χ2v) is 2.89. The summed E-state index contributed by atoms with van der Waals surface area (Å²) in [5.74, 6) is -1.37. The fraction of sp³-hybridized carbons (Fsp3) is 0.800. The van der Waals surface area contributed by atoms with Gasteiger partial charge in [-0.15, -0.1) is 0 Å². The lowest BCUT2D eigenvalue weighted by Gasteiger charge is -2.21. The van der Waals surface area contributed by atoms with Crippen molar-refractivity contribution >= 4 is 18.6 Å². The summed E-state index contributed by atoms with van der Waals surface area (Å²) in [5, 5.41) is 8.46. The van der Waals surface area contributed by atoms with Crippen LogP contribution in [-0.2, 0) is 4.79 Å². The summed E-state index contributed by atoms with van der Waals surface area (Å²) >= 11 is 3.73. The Bertz CT molecular complexity index is 192. The summed E-state index contributed by atoms with van der Waals surface area (Å²) in [7, 11) is 0. The molecule has 0 aromatic carbocycles. The number of carboxylic acid groups (broad SMARTS) is 1. The van der Waals surface area contributed by atoms with Crippen molar-refractivity contribution in [1.29, 1.82) is 0 Å². The molecule has 0 bridgehead atoms. The molecule has 2 atom stereocenters.